The van der Waals surface area contributed by atoms with Gasteiger partial charge in [0, 0.05) is 49.0 Å². The van der Waals surface area contributed by atoms with Gasteiger partial charge in [-0.25, -0.2) is 0 Å². The number of anilines is 1. The molecule has 1 aliphatic heterocycles. The summed E-state index contributed by atoms with van der Waals surface area (Å²) in [5.41, 5.74) is 2.98. The number of methoxy groups -OCH3 is 1. The van der Waals surface area contributed by atoms with Crippen LogP contribution in [0.5, 0.6) is 11.5 Å². The highest BCUT2D eigenvalue weighted by Gasteiger charge is 2.12. The first kappa shape index (κ1) is 21.2. The number of hydrogen-bond acceptors (Lipinski definition) is 5. The van der Waals surface area contributed by atoms with E-state index in [1.807, 2.05) is 43.3 Å². The quantitative estimate of drug-likeness (QED) is 0.602. The summed E-state index contributed by atoms with van der Waals surface area (Å²) in [7, 11) is 1.59. The van der Waals surface area contributed by atoms with Crippen molar-refractivity contribution in [2.45, 2.75) is 13.5 Å². The van der Waals surface area contributed by atoms with Gasteiger partial charge in [0.1, 0.15) is 0 Å². The van der Waals surface area contributed by atoms with Crippen molar-refractivity contribution < 1.29 is 19.0 Å². The fourth-order valence-corrected chi connectivity index (χ4v) is 3.78. The van der Waals surface area contributed by atoms with Crippen molar-refractivity contribution in [1.82, 2.24) is 9.47 Å². The maximum atomic E-state index is 12.4. The summed E-state index contributed by atoms with van der Waals surface area (Å²) >= 11 is 0. The highest BCUT2D eigenvalue weighted by atomic mass is 16.5. The molecule has 1 N–H and O–H groups in total. The van der Waals surface area contributed by atoms with Crippen molar-refractivity contribution >= 4 is 22.5 Å². The predicted octanol–water partition coefficient (Wildman–Crippen LogP) is 3.31. The molecule has 0 aliphatic carbocycles. The summed E-state index contributed by atoms with van der Waals surface area (Å²) in [4.78, 5) is 14.8. The van der Waals surface area contributed by atoms with Crippen molar-refractivity contribution in [1.29, 1.82) is 0 Å². The van der Waals surface area contributed by atoms with Crippen LogP contribution in [0, 0.1) is 6.92 Å². The highest BCUT2D eigenvalue weighted by molar-refractivity contribution is 5.94. The van der Waals surface area contributed by atoms with E-state index >= 15 is 0 Å². The number of aryl methyl sites for hydroxylation is 1. The number of carbonyl (C=O) groups is 1. The molecule has 0 atom stereocenters. The van der Waals surface area contributed by atoms with Crippen molar-refractivity contribution in [2.75, 3.05) is 51.9 Å². The molecule has 0 unspecified atom stereocenters. The second-order valence-electron chi connectivity index (χ2n) is 7.73. The molecule has 0 radical (unpaired) electrons. The van der Waals surface area contributed by atoms with Crippen molar-refractivity contribution in [3.63, 3.8) is 0 Å². The number of rotatable bonds is 8. The summed E-state index contributed by atoms with van der Waals surface area (Å²) in [6.07, 6.45) is 2.10. The van der Waals surface area contributed by atoms with E-state index < -0.39 is 0 Å². The number of ether oxygens (including phenoxy) is 3. The van der Waals surface area contributed by atoms with Crippen LogP contribution in [-0.4, -0.2) is 61.9 Å². The Morgan fingerprint density at radius 2 is 1.90 bits per heavy atom. The average molecular weight is 424 g/mol. The minimum Gasteiger partial charge on any atom is -0.493 e. The van der Waals surface area contributed by atoms with Gasteiger partial charge in [-0.05, 0) is 48.9 Å². The van der Waals surface area contributed by atoms with Crippen LogP contribution in [0.1, 0.15) is 5.56 Å². The lowest BCUT2D eigenvalue weighted by molar-refractivity contribution is -0.118. The van der Waals surface area contributed by atoms with Crippen LogP contribution in [0.2, 0.25) is 0 Å². The minimum absolute atomic E-state index is 0.0853. The minimum atomic E-state index is -0.214. The van der Waals surface area contributed by atoms with Crippen LogP contribution in [0.3, 0.4) is 0 Å². The third-order valence-corrected chi connectivity index (χ3v) is 5.49. The van der Waals surface area contributed by atoms with Gasteiger partial charge in [-0.2, -0.15) is 0 Å². The summed E-state index contributed by atoms with van der Waals surface area (Å²) in [5, 5.41) is 4.01. The average Bonchev–Trinajstić information content (AvgIpc) is 3.19. The van der Waals surface area contributed by atoms with E-state index in [2.05, 4.69) is 27.0 Å². The Hall–Kier alpha value is -3.03. The maximum absolute atomic E-state index is 12.4. The first-order valence-corrected chi connectivity index (χ1v) is 10.6. The molecule has 31 heavy (non-hydrogen) atoms. The van der Waals surface area contributed by atoms with Gasteiger partial charge < -0.3 is 24.1 Å². The first-order valence-electron chi connectivity index (χ1n) is 10.6. The Bertz CT molecular complexity index is 1040. The first-order chi connectivity index (χ1) is 15.1. The third kappa shape index (κ3) is 5.37. The standard InChI is InChI=1S/C24H29N3O4/c1-18-3-6-22(23(15-18)29-2)31-17-24(28)25-20-4-5-21-19(16-20)7-8-27(21)10-9-26-11-13-30-14-12-26/h3-8,15-16H,9-14,17H2,1-2H3,(H,25,28). The molecule has 7 heteroatoms. The van der Waals surface area contributed by atoms with E-state index in [0.29, 0.717) is 11.5 Å². The SMILES string of the molecule is COc1cc(C)ccc1OCC(=O)Nc1ccc2c(ccn2CCN2CCOCC2)c1. The molecule has 2 aromatic carbocycles. The molecule has 164 valence electrons. The normalized spacial score (nSPS) is 14.5. The van der Waals surface area contributed by atoms with E-state index in [9.17, 15) is 4.79 Å². The van der Waals surface area contributed by atoms with E-state index in [-0.39, 0.29) is 12.5 Å². The van der Waals surface area contributed by atoms with E-state index in [4.69, 9.17) is 14.2 Å². The molecule has 1 saturated heterocycles. The zero-order valence-corrected chi connectivity index (χ0v) is 18.1. The fraction of sp³-hybridized carbons (Fsp3) is 0.375. The maximum Gasteiger partial charge on any atom is 0.262 e. The molecule has 1 aliphatic rings. The van der Waals surface area contributed by atoms with Gasteiger partial charge in [0.15, 0.2) is 18.1 Å². The number of nitrogens with one attached hydrogen (secondary N) is 1. The predicted molar refractivity (Wildman–Crippen MR) is 121 cm³/mol. The second-order valence-corrected chi connectivity index (χ2v) is 7.73. The smallest absolute Gasteiger partial charge is 0.262 e. The van der Waals surface area contributed by atoms with Gasteiger partial charge in [0.25, 0.3) is 5.91 Å². The number of nitrogens with zero attached hydrogens (tertiary/aromatic N) is 2. The van der Waals surface area contributed by atoms with Gasteiger partial charge in [-0.15, -0.1) is 0 Å². The van der Waals surface area contributed by atoms with E-state index in [1.165, 1.54) is 0 Å². The molecule has 1 fully saturated rings. The van der Waals surface area contributed by atoms with Crippen LogP contribution in [0.25, 0.3) is 10.9 Å². The summed E-state index contributed by atoms with van der Waals surface area (Å²) in [5.74, 6) is 0.956. The molecule has 0 saturated carbocycles. The zero-order chi connectivity index (χ0) is 21.6. The Morgan fingerprint density at radius 3 is 2.71 bits per heavy atom. The van der Waals surface area contributed by atoms with Crippen molar-refractivity contribution in [2.24, 2.45) is 0 Å². The number of carbonyl (C=O) groups excluding carboxylic acids is 1. The Kier molecular flexibility index (Phi) is 6.74. The van der Waals surface area contributed by atoms with Gasteiger partial charge in [0.05, 0.1) is 20.3 Å². The Morgan fingerprint density at radius 1 is 1.06 bits per heavy atom. The molecule has 7 nitrogen and oxygen atoms in total. The molecule has 0 bridgehead atoms. The summed E-state index contributed by atoms with van der Waals surface area (Å²) < 4.78 is 18.6. The fourth-order valence-electron chi connectivity index (χ4n) is 3.78. The molecular formula is C24H29N3O4. The Balaban J connectivity index is 1.34. The molecule has 2 heterocycles. The summed E-state index contributed by atoms with van der Waals surface area (Å²) in [6, 6.07) is 13.7. The number of morpholine rings is 1. The Labute approximate surface area is 182 Å². The number of aromatic nitrogens is 1. The monoisotopic (exact) mass is 423 g/mol. The van der Waals surface area contributed by atoms with Crippen LogP contribution in [0.4, 0.5) is 5.69 Å². The van der Waals surface area contributed by atoms with Gasteiger partial charge in [0.2, 0.25) is 0 Å². The highest BCUT2D eigenvalue weighted by Crippen LogP contribution is 2.27. The van der Waals surface area contributed by atoms with Crippen LogP contribution < -0.4 is 14.8 Å². The van der Waals surface area contributed by atoms with Crippen molar-refractivity contribution in [3.8, 4) is 11.5 Å². The van der Waals surface area contributed by atoms with Gasteiger partial charge in [-0.3, -0.25) is 9.69 Å². The van der Waals surface area contributed by atoms with Crippen LogP contribution >= 0.6 is 0 Å². The number of benzene rings is 2. The lowest BCUT2D eigenvalue weighted by Crippen LogP contribution is -2.38. The second kappa shape index (κ2) is 9.85. The van der Waals surface area contributed by atoms with Crippen molar-refractivity contribution in [3.05, 3.63) is 54.2 Å². The molecule has 4 rings (SSSR count). The van der Waals surface area contributed by atoms with E-state index in [0.717, 1.165) is 61.5 Å². The molecule has 0 spiro atoms. The molecule has 1 amide bonds. The molecular weight excluding hydrogens is 394 g/mol. The van der Waals surface area contributed by atoms with Gasteiger partial charge >= 0.3 is 0 Å². The van der Waals surface area contributed by atoms with Crippen LogP contribution in [0.15, 0.2) is 48.7 Å². The number of hydrogen-bond donors (Lipinski definition) is 1. The lowest BCUT2D eigenvalue weighted by Gasteiger charge is -2.26. The number of fused-ring (bicyclic) bond motifs is 1. The topological polar surface area (TPSA) is 65.0 Å². The molecule has 3 aromatic rings. The van der Waals surface area contributed by atoms with Crippen LogP contribution in [-0.2, 0) is 16.1 Å². The zero-order valence-electron chi connectivity index (χ0n) is 18.1. The lowest BCUT2D eigenvalue weighted by atomic mass is 10.2. The summed E-state index contributed by atoms with van der Waals surface area (Å²) in [6.45, 7) is 7.44. The third-order valence-electron chi connectivity index (χ3n) is 5.49. The van der Waals surface area contributed by atoms with Gasteiger partial charge in [-0.1, -0.05) is 6.07 Å². The number of amides is 1. The van der Waals surface area contributed by atoms with E-state index in [1.54, 1.807) is 7.11 Å². The molecule has 1 aromatic heterocycles. The largest absolute Gasteiger partial charge is 0.493 e.